The third-order valence-corrected chi connectivity index (χ3v) is 3.28. The van der Waals surface area contributed by atoms with Gasteiger partial charge in [-0.25, -0.2) is 4.79 Å². The molecule has 0 saturated carbocycles. The molecule has 0 bridgehead atoms. The third-order valence-electron chi connectivity index (χ3n) is 2.37. The van der Waals surface area contributed by atoms with Crippen LogP contribution in [0.3, 0.4) is 0 Å². The van der Waals surface area contributed by atoms with Gasteiger partial charge in [-0.1, -0.05) is 18.2 Å². The van der Waals surface area contributed by atoms with Gasteiger partial charge in [0.1, 0.15) is 4.90 Å². The lowest BCUT2D eigenvalue weighted by molar-refractivity contribution is 0.0697. The molecular formula is C11H8O5S. The summed E-state index contributed by atoms with van der Waals surface area (Å²) in [4.78, 5) is 10.5. The van der Waals surface area contributed by atoms with E-state index < -0.39 is 16.1 Å². The molecule has 0 aliphatic heterocycles. The highest BCUT2D eigenvalue weighted by Gasteiger charge is 2.14. The van der Waals surface area contributed by atoms with E-state index in [0.717, 1.165) is 0 Å². The van der Waals surface area contributed by atoms with Gasteiger partial charge in [-0.05, 0) is 23.6 Å². The van der Waals surface area contributed by atoms with Gasteiger partial charge in [0, 0.05) is 5.39 Å². The number of carboxylic acid groups (broad SMARTS) is 1. The molecule has 0 unspecified atom stereocenters. The summed E-state index contributed by atoms with van der Waals surface area (Å²) in [6.07, 6.45) is 0. The van der Waals surface area contributed by atoms with E-state index in [1.165, 1.54) is 30.3 Å². The summed E-state index contributed by atoms with van der Waals surface area (Å²) in [6.45, 7) is 0. The Balaban J connectivity index is 2.86. The Bertz CT molecular complexity index is 703. The normalized spacial score (nSPS) is 11.6. The van der Waals surface area contributed by atoms with Gasteiger partial charge in [-0.15, -0.1) is 0 Å². The number of carboxylic acids is 1. The molecule has 88 valence electrons. The van der Waals surface area contributed by atoms with Crippen LogP contribution in [-0.4, -0.2) is 24.0 Å². The Hall–Kier alpha value is -1.92. The molecule has 0 heterocycles. The van der Waals surface area contributed by atoms with Crippen molar-refractivity contribution in [2.75, 3.05) is 0 Å². The number of rotatable bonds is 2. The van der Waals surface area contributed by atoms with Crippen molar-refractivity contribution in [3.63, 3.8) is 0 Å². The maximum absolute atomic E-state index is 11.1. The molecule has 2 N–H and O–H groups in total. The van der Waals surface area contributed by atoms with Crippen molar-refractivity contribution in [2.45, 2.75) is 4.90 Å². The average Bonchev–Trinajstić information content (AvgIpc) is 2.26. The fraction of sp³-hybridized carbons (Fsp3) is 0. The summed E-state index contributed by atoms with van der Waals surface area (Å²) >= 11 is 0. The SMILES string of the molecule is O=C(O)c1ccc2cccc(S(=O)(=O)O)c2c1. The molecular weight excluding hydrogens is 244 g/mol. The lowest BCUT2D eigenvalue weighted by Gasteiger charge is -2.04. The zero-order chi connectivity index (χ0) is 12.6. The zero-order valence-electron chi connectivity index (χ0n) is 8.49. The van der Waals surface area contributed by atoms with Crippen molar-refractivity contribution in [1.29, 1.82) is 0 Å². The maximum atomic E-state index is 11.1. The van der Waals surface area contributed by atoms with E-state index in [2.05, 4.69) is 0 Å². The van der Waals surface area contributed by atoms with Gasteiger partial charge in [0.2, 0.25) is 0 Å². The summed E-state index contributed by atoms with van der Waals surface area (Å²) in [5, 5.41) is 9.56. The first-order valence-electron chi connectivity index (χ1n) is 4.63. The van der Waals surface area contributed by atoms with Crippen LogP contribution in [0, 0.1) is 0 Å². The molecule has 5 nitrogen and oxygen atoms in total. The molecule has 0 amide bonds. The minimum atomic E-state index is -4.36. The highest BCUT2D eigenvalue weighted by Crippen LogP contribution is 2.24. The standard InChI is InChI=1S/C11H8O5S/c12-11(13)8-5-4-7-2-1-3-10(9(7)6-8)17(14,15)16/h1-6H,(H,12,13)(H,14,15,16). The van der Waals surface area contributed by atoms with Crippen LogP contribution in [0.2, 0.25) is 0 Å². The second-order valence-electron chi connectivity index (χ2n) is 3.47. The van der Waals surface area contributed by atoms with Crippen LogP contribution >= 0.6 is 0 Å². The fourth-order valence-electron chi connectivity index (χ4n) is 1.60. The number of benzene rings is 2. The smallest absolute Gasteiger partial charge is 0.335 e. The van der Waals surface area contributed by atoms with E-state index in [9.17, 15) is 13.2 Å². The highest BCUT2D eigenvalue weighted by molar-refractivity contribution is 7.86. The summed E-state index contributed by atoms with van der Waals surface area (Å²) in [6, 6.07) is 8.43. The predicted molar refractivity (Wildman–Crippen MR) is 60.7 cm³/mol. The van der Waals surface area contributed by atoms with Gasteiger partial charge in [-0.3, -0.25) is 4.55 Å². The van der Waals surface area contributed by atoms with Crippen LogP contribution in [0.15, 0.2) is 41.3 Å². The van der Waals surface area contributed by atoms with E-state index in [-0.39, 0.29) is 15.8 Å². The zero-order valence-corrected chi connectivity index (χ0v) is 9.31. The quantitative estimate of drug-likeness (QED) is 0.795. The maximum Gasteiger partial charge on any atom is 0.335 e. The Morgan fingerprint density at radius 2 is 1.82 bits per heavy atom. The van der Waals surface area contributed by atoms with Gasteiger partial charge in [0.25, 0.3) is 10.1 Å². The minimum absolute atomic E-state index is 0.0337. The van der Waals surface area contributed by atoms with Gasteiger partial charge >= 0.3 is 5.97 Å². The van der Waals surface area contributed by atoms with E-state index >= 15 is 0 Å². The van der Waals surface area contributed by atoms with Crippen LogP contribution in [0.1, 0.15) is 10.4 Å². The number of carbonyl (C=O) groups is 1. The van der Waals surface area contributed by atoms with Crippen LogP contribution in [0.5, 0.6) is 0 Å². The topological polar surface area (TPSA) is 91.7 Å². The molecule has 0 spiro atoms. The molecule has 2 rings (SSSR count). The molecule has 0 saturated heterocycles. The molecule has 17 heavy (non-hydrogen) atoms. The molecule has 0 fully saturated rings. The second-order valence-corrected chi connectivity index (χ2v) is 4.86. The third kappa shape index (κ3) is 2.13. The largest absolute Gasteiger partial charge is 0.478 e. The molecule has 0 aliphatic rings. The summed E-state index contributed by atoms with van der Waals surface area (Å²) in [5.74, 6) is -1.16. The number of hydrogen-bond donors (Lipinski definition) is 2. The number of fused-ring (bicyclic) bond motifs is 1. The lowest BCUT2D eigenvalue weighted by atomic mass is 10.1. The molecule has 0 radical (unpaired) electrons. The van der Waals surface area contributed by atoms with Crippen molar-refractivity contribution in [3.8, 4) is 0 Å². The number of aromatic carboxylic acids is 1. The Morgan fingerprint density at radius 1 is 1.12 bits per heavy atom. The van der Waals surface area contributed by atoms with Gasteiger partial charge in [0.05, 0.1) is 5.56 Å². The molecule has 2 aromatic carbocycles. The Labute approximate surface area is 97.1 Å². The van der Waals surface area contributed by atoms with Crippen molar-refractivity contribution in [3.05, 3.63) is 42.0 Å². The minimum Gasteiger partial charge on any atom is -0.478 e. The van der Waals surface area contributed by atoms with Gasteiger partial charge in [-0.2, -0.15) is 8.42 Å². The van der Waals surface area contributed by atoms with Crippen LogP contribution < -0.4 is 0 Å². The van der Waals surface area contributed by atoms with Crippen LogP contribution in [-0.2, 0) is 10.1 Å². The van der Waals surface area contributed by atoms with E-state index in [1.807, 2.05) is 0 Å². The lowest BCUT2D eigenvalue weighted by Crippen LogP contribution is -2.01. The van der Waals surface area contributed by atoms with Crippen molar-refractivity contribution in [2.24, 2.45) is 0 Å². The summed E-state index contributed by atoms with van der Waals surface area (Å²) < 4.78 is 31.3. The van der Waals surface area contributed by atoms with E-state index in [1.54, 1.807) is 6.07 Å². The summed E-state index contributed by atoms with van der Waals surface area (Å²) in [5.41, 5.74) is -0.0337. The first-order chi connectivity index (χ1) is 7.89. The van der Waals surface area contributed by atoms with Gasteiger partial charge < -0.3 is 5.11 Å². The van der Waals surface area contributed by atoms with Crippen molar-refractivity contribution in [1.82, 2.24) is 0 Å². The fourth-order valence-corrected chi connectivity index (χ4v) is 2.31. The van der Waals surface area contributed by atoms with Crippen molar-refractivity contribution < 1.29 is 22.9 Å². The predicted octanol–water partition coefficient (Wildman–Crippen LogP) is 1.78. The first kappa shape index (κ1) is 11.6. The Morgan fingerprint density at radius 3 is 2.41 bits per heavy atom. The van der Waals surface area contributed by atoms with Crippen LogP contribution in [0.4, 0.5) is 0 Å². The summed E-state index contributed by atoms with van der Waals surface area (Å²) in [7, 11) is -4.36. The van der Waals surface area contributed by atoms with E-state index in [0.29, 0.717) is 5.39 Å². The monoisotopic (exact) mass is 252 g/mol. The van der Waals surface area contributed by atoms with Crippen LogP contribution in [0.25, 0.3) is 10.8 Å². The number of hydrogen-bond acceptors (Lipinski definition) is 3. The second kappa shape index (κ2) is 3.83. The van der Waals surface area contributed by atoms with Crippen molar-refractivity contribution >= 4 is 26.9 Å². The molecule has 0 atom stereocenters. The van der Waals surface area contributed by atoms with Gasteiger partial charge in [0.15, 0.2) is 0 Å². The molecule has 6 heteroatoms. The first-order valence-corrected chi connectivity index (χ1v) is 6.07. The molecule has 0 aliphatic carbocycles. The Kier molecular flexibility index (Phi) is 2.60. The highest BCUT2D eigenvalue weighted by atomic mass is 32.2. The molecule has 2 aromatic rings. The van der Waals surface area contributed by atoms with E-state index in [4.69, 9.17) is 9.66 Å². The average molecular weight is 252 g/mol. The molecule has 0 aromatic heterocycles.